The normalized spacial score (nSPS) is 11.0. The van der Waals surface area contributed by atoms with Gasteiger partial charge in [0.05, 0.1) is 11.7 Å². The van der Waals surface area contributed by atoms with Gasteiger partial charge in [-0.25, -0.2) is 4.98 Å². The Bertz CT molecular complexity index is 1090. The van der Waals surface area contributed by atoms with Gasteiger partial charge < -0.3 is 0 Å². The largest absolute Gasteiger partial charge is 0.298 e. The van der Waals surface area contributed by atoms with Crippen molar-refractivity contribution in [2.45, 2.75) is 19.9 Å². The molecule has 0 aliphatic carbocycles. The van der Waals surface area contributed by atoms with E-state index in [2.05, 4.69) is 30.7 Å². The SMILES string of the molecule is CC(C)n1nnc(-c2ccc(C(=O)Nc3nc(-c4ccccn4)cs3)cc2)n1. The minimum Gasteiger partial charge on any atom is -0.298 e. The Morgan fingerprint density at radius 2 is 1.93 bits per heavy atom. The fourth-order valence-electron chi connectivity index (χ4n) is 2.46. The van der Waals surface area contributed by atoms with Crippen LogP contribution >= 0.6 is 11.3 Å². The Morgan fingerprint density at radius 3 is 2.61 bits per heavy atom. The molecule has 0 saturated carbocycles. The van der Waals surface area contributed by atoms with Crippen LogP contribution in [0.4, 0.5) is 5.13 Å². The van der Waals surface area contributed by atoms with Crippen molar-refractivity contribution in [3.63, 3.8) is 0 Å². The average molecular weight is 391 g/mol. The molecule has 8 nitrogen and oxygen atoms in total. The van der Waals surface area contributed by atoms with Gasteiger partial charge in [-0.3, -0.25) is 15.1 Å². The molecule has 0 aliphatic heterocycles. The second kappa shape index (κ2) is 7.65. The lowest BCUT2D eigenvalue weighted by Crippen LogP contribution is -2.11. The smallest absolute Gasteiger partial charge is 0.257 e. The van der Waals surface area contributed by atoms with Gasteiger partial charge in [-0.2, -0.15) is 4.80 Å². The lowest BCUT2D eigenvalue weighted by Gasteiger charge is -2.03. The third-order valence-electron chi connectivity index (χ3n) is 3.95. The summed E-state index contributed by atoms with van der Waals surface area (Å²) in [7, 11) is 0. The Hall–Kier alpha value is -3.46. The zero-order valence-corrected chi connectivity index (χ0v) is 16.1. The number of hydrogen-bond acceptors (Lipinski definition) is 7. The van der Waals surface area contributed by atoms with Crippen molar-refractivity contribution >= 4 is 22.4 Å². The van der Waals surface area contributed by atoms with E-state index in [9.17, 15) is 4.79 Å². The van der Waals surface area contributed by atoms with E-state index >= 15 is 0 Å². The highest BCUT2D eigenvalue weighted by Gasteiger charge is 2.12. The number of amides is 1. The molecule has 140 valence electrons. The maximum atomic E-state index is 12.5. The quantitative estimate of drug-likeness (QED) is 0.557. The highest BCUT2D eigenvalue weighted by Crippen LogP contribution is 2.24. The van der Waals surface area contributed by atoms with Crippen molar-refractivity contribution in [1.82, 2.24) is 30.2 Å². The summed E-state index contributed by atoms with van der Waals surface area (Å²) >= 11 is 1.36. The average Bonchev–Trinajstić information content (AvgIpc) is 3.39. The number of thiazole rings is 1. The molecule has 0 saturated heterocycles. The molecule has 0 radical (unpaired) electrons. The number of nitrogens with one attached hydrogen (secondary N) is 1. The molecule has 4 aromatic rings. The van der Waals surface area contributed by atoms with E-state index in [1.807, 2.05) is 37.4 Å². The van der Waals surface area contributed by atoms with E-state index in [0.29, 0.717) is 16.5 Å². The first-order chi connectivity index (χ1) is 13.6. The van der Waals surface area contributed by atoms with Gasteiger partial charge in [0.25, 0.3) is 5.91 Å². The Balaban J connectivity index is 1.46. The number of rotatable bonds is 5. The number of benzene rings is 1. The number of carbonyl (C=O) groups excluding carboxylic acids is 1. The molecule has 28 heavy (non-hydrogen) atoms. The van der Waals surface area contributed by atoms with Crippen LogP contribution < -0.4 is 5.32 Å². The second-order valence-corrected chi connectivity index (χ2v) is 7.17. The minimum atomic E-state index is -0.229. The monoisotopic (exact) mass is 391 g/mol. The Kier molecular flexibility index (Phi) is 4.90. The van der Waals surface area contributed by atoms with Gasteiger partial charge in [-0.05, 0) is 43.3 Å². The van der Waals surface area contributed by atoms with E-state index in [4.69, 9.17) is 0 Å². The summed E-state index contributed by atoms with van der Waals surface area (Å²) in [4.78, 5) is 22.7. The molecule has 0 bridgehead atoms. The molecule has 4 rings (SSSR count). The van der Waals surface area contributed by atoms with Gasteiger partial charge in [-0.15, -0.1) is 21.5 Å². The third kappa shape index (κ3) is 3.79. The fourth-order valence-corrected chi connectivity index (χ4v) is 3.16. The molecule has 1 aromatic carbocycles. The van der Waals surface area contributed by atoms with Crippen LogP contribution in [0.15, 0.2) is 54.0 Å². The van der Waals surface area contributed by atoms with Crippen molar-refractivity contribution < 1.29 is 4.79 Å². The molecule has 0 spiro atoms. The standard InChI is InChI=1S/C19H17N7OS/c1-12(2)26-24-17(23-25-26)13-6-8-14(9-7-13)18(27)22-19-21-16(11-28-19)15-5-3-4-10-20-15/h3-12H,1-2H3,(H,21,22,27). The van der Waals surface area contributed by atoms with Gasteiger partial charge in [0.2, 0.25) is 5.82 Å². The summed E-state index contributed by atoms with van der Waals surface area (Å²) in [6.45, 7) is 3.97. The summed E-state index contributed by atoms with van der Waals surface area (Å²) in [6.07, 6.45) is 1.71. The first-order valence-corrected chi connectivity index (χ1v) is 9.56. The predicted octanol–water partition coefficient (Wildman–Crippen LogP) is 3.69. The highest BCUT2D eigenvalue weighted by atomic mass is 32.1. The number of tetrazole rings is 1. The molecule has 1 N–H and O–H groups in total. The summed E-state index contributed by atoms with van der Waals surface area (Å²) in [5.41, 5.74) is 2.82. The summed E-state index contributed by atoms with van der Waals surface area (Å²) in [5.74, 6) is 0.299. The second-order valence-electron chi connectivity index (χ2n) is 6.31. The van der Waals surface area contributed by atoms with Crippen LogP contribution in [0, 0.1) is 0 Å². The molecule has 0 aliphatic rings. The van der Waals surface area contributed by atoms with E-state index in [1.54, 1.807) is 35.3 Å². The van der Waals surface area contributed by atoms with E-state index in [0.717, 1.165) is 17.0 Å². The fraction of sp³-hybridized carbons (Fsp3) is 0.158. The predicted molar refractivity (Wildman–Crippen MR) is 107 cm³/mol. The zero-order chi connectivity index (χ0) is 19.5. The van der Waals surface area contributed by atoms with Crippen LogP contribution in [0.2, 0.25) is 0 Å². The van der Waals surface area contributed by atoms with Crippen molar-refractivity contribution in [3.8, 4) is 22.8 Å². The number of pyridine rings is 1. The molecule has 3 heterocycles. The molecule has 1 amide bonds. The van der Waals surface area contributed by atoms with E-state index < -0.39 is 0 Å². The van der Waals surface area contributed by atoms with Gasteiger partial charge in [0, 0.05) is 22.7 Å². The molecule has 0 fully saturated rings. The van der Waals surface area contributed by atoms with Crippen LogP contribution in [0.5, 0.6) is 0 Å². The number of anilines is 1. The van der Waals surface area contributed by atoms with Crippen molar-refractivity contribution in [1.29, 1.82) is 0 Å². The van der Waals surface area contributed by atoms with Gasteiger partial charge in [0.1, 0.15) is 5.69 Å². The first-order valence-electron chi connectivity index (χ1n) is 8.68. The molecular formula is C19H17N7OS. The Labute approximate surface area is 165 Å². The maximum absolute atomic E-state index is 12.5. The van der Waals surface area contributed by atoms with E-state index in [-0.39, 0.29) is 11.9 Å². The first kappa shape index (κ1) is 17.9. The van der Waals surface area contributed by atoms with Gasteiger partial charge in [0.15, 0.2) is 5.13 Å². The van der Waals surface area contributed by atoms with Crippen LogP contribution in [-0.2, 0) is 0 Å². The topological polar surface area (TPSA) is 98.5 Å². The maximum Gasteiger partial charge on any atom is 0.257 e. The highest BCUT2D eigenvalue weighted by molar-refractivity contribution is 7.14. The number of carbonyl (C=O) groups is 1. The van der Waals surface area contributed by atoms with Crippen LogP contribution in [0.3, 0.4) is 0 Å². The lowest BCUT2D eigenvalue weighted by molar-refractivity contribution is 0.102. The minimum absolute atomic E-state index is 0.139. The van der Waals surface area contributed by atoms with E-state index in [1.165, 1.54) is 11.3 Å². The van der Waals surface area contributed by atoms with Crippen LogP contribution in [-0.4, -0.2) is 36.1 Å². The van der Waals surface area contributed by atoms with Crippen LogP contribution in [0.1, 0.15) is 30.2 Å². The van der Waals surface area contributed by atoms with Crippen molar-refractivity contribution in [3.05, 3.63) is 59.6 Å². The molecule has 9 heteroatoms. The molecular weight excluding hydrogens is 374 g/mol. The van der Waals surface area contributed by atoms with Crippen molar-refractivity contribution in [2.24, 2.45) is 0 Å². The van der Waals surface area contributed by atoms with Gasteiger partial charge in [-0.1, -0.05) is 18.2 Å². The van der Waals surface area contributed by atoms with Crippen molar-refractivity contribution in [2.75, 3.05) is 5.32 Å². The zero-order valence-electron chi connectivity index (χ0n) is 15.3. The number of nitrogens with zero attached hydrogens (tertiary/aromatic N) is 6. The summed E-state index contributed by atoms with van der Waals surface area (Å²) in [5, 5.41) is 17.6. The lowest BCUT2D eigenvalue weighted by atomic mass is 10.1. The Morgan fingerprint density at radius 1 is 1.11 bits per heavy atom. The number of aromatic nitrogens is 6. The molecule has 0 atom stereocenters. The summed E-state index contributed by atoms with van der Waals surface area (Å²) in [6, 6.07) is 12.8. The molecule has 3 aromatic heterocycles. The molecule has 0 unspecified atom stereocenters. The van der Waals surface area contributed by atoms with Gasteiger partial charge >= 0.3 is 0 Å². The third-order valence-corrected chi connectivity index (χ3v) is 4.71. The number of hydrogen-bond donors (Lipinski definition) is 1. The summed E-state index contributed by atoms with van der Waals surface area (Å²) < 4.78 is 0. The van der Waals surface area contributed by atoms with Crippen LogP contribution in [0.25, 0.3) is 22.8 Å².